The molecule has 1 aromatic heterocycles. The molecule has 1 amide bonds. The van der Waals surface area contributed by atoms with Gasteiger partial charge >= 0.3 is 0 Å². The van der Waals surface area contributed by atoms with E-state index in [1.54, 1.807) is 30.5 Å². The van der Waals surface area contributed by atoms with Gasteiger partial charge in [-0.25, -0.2) is 8.42 Å². The molecule has 0 saturated carbocycles. The molecule has 1 aromatic carbocycles. The lowest BCUT2D eigenvalue weighted by Gasteiger charge is -2.26. The predicted octanol–water partition coefficient (Wildman–Crippen LogP) is 2.39. The Morgan fingerprint density at radius 3 is 2.46 bits per heavy atom. The summed E-state index contributed by atoms with van der Waals surface area (Å²) in [4.78, 5) is 14.8. The highest BCUT2D eigenvalue weighted by atomic mass is 32.2. The Bertz CT molecular complexity index is 823. The van der Waals surface area contributed by atoms with E-state index in [4.69, 9.17) is 4.42 Å². The lowest BCUT2D eigenvalue weighted by atomic mass is 10.1. The van der Waals surface area contributed by atoms with E-state index in [2.05, 4.69) is 10.2 Å². The Morgan fingerprint density at radius 1 is 1.19 bits per heavy atom. The maximum atomic E-state index is 12.5. The number of hydrogen-bond acceptors (Lipinski definition) is 5. The van der Waals surface area contributed by atoms with Gasteiger partial charge in [0.2, 0.25) is 0 Å². The van der Waals surface area contributed by atoms with Crippen molar-refractivity contribution in [3.63, 3.8) is 0 Å². The summed E-state index contributed by atoms with van der Waals surface area (Å²) in [5.74, 6) is 0.659. The Morgan fingerprint density at radius 2 is 1.88 bits per heavy atom. The summed E-state index contributed by atoms with van der Waals surface area (Å²) in [6.07, 6.45) is 5.17. The van der Waals surface area contributed by atoms with Crippen LogP contribution in [0.15, 0.2) is 47.1 Å². The lowest BCUT2D eigenvalue weighted by Crippen LogP contribution is -2.36. The number of carbonyl (C=O) groups excluding carboxylic acids is 1. The summed E-state index contributed by atoms with van der Waals surface area (Å²) >= 11 is 0. The van der Waals surface area contributed by atoms with Gasteiger partial charge in [-0.05, 0) is 55.8 Å². The average molecular weight is 376 g/mol. The Labute approximate surface area is 154 Å². The number of sulfone groups is 1. The topological polar surface area (TPSA) is 79.6 Å². The zero-order valence-corrected chi connectivity index (χ0v) is 15.7. The lowest BCUT2D eigenvalue weighted by molar-refractivity contribution is 0.0933. The van der Waals surface area contributed by atoms with Gasteiger partial charge in [0.1, 0.15) is 5.76 Å². The second-order valence-corrected chi connectivity index (χ2v) is 8.89. The van der Waals surface area contributed by atoms with Crippen LogP contribution in [0, 0.1) is 0 Å². The van der Waals surface area contributed by atoms with Gasteiger partial charge in [-0.1, -0.05) is 12.1 Å². The largest absolute Gasteiger partial charge is 0.468 e. The molecule has 7 heteroatoms. The van der Waals surface area contributed by atoms with Crippen LogP contribution in [0.1, 0.15) is 40.6 Å². The van der Waals surface area contributed by atoms with Crippen LogP contribution in [-0.2, 0) is 15.6 Å². The smallest absolute Gasteiger partial charge is 0.251 e. The Hall–Kier alpha value is -2.12. The third kappa shape index (κ3) is 4.95. The van der Waals surface area contributed by atoms with Crippen molar-refractivity contribution in [1.82, 2.24) is 10.2 Å². The van der Waals surface area contributed by atoms with Crippen LogP contribution in [-0.4, -0.2) is 45.1 Å². The van der Waals surface area contributed by atoms with E-state index in [0.717, 1.165) is 31.7 Å². The van der Waals surface area contributed by atoms with Crippen molar-refractivity contribution in [3.8, 4) is 0 Å². The molecule has 1 aliphatic rings. The normalized spacial score (nSPS) is 16.5. The van der Waals surface area contributed by atoms with Crippen LogP contribution in [0.5, 0.6) is 0 Å². The first-order valence-electron chi connectivity index (χ1n) is 8.75. The summed E-state index contributed by atoms with van der Waals surface area (Å²) in [5.41, 5.74) is 1.19. The van der Waals surface area contributed by atoms with Crippen LogP contribution in [0.4, 0.5) is 0 Å². The van der Waals surface area contributed by atoms with Gasteiger partial charge in [-0.2, -0.15) is 0 Å². The molecule has 140 valence electrons. The molecule has 0 bridgehead atoms. The van der Waals surface area contributed by atoms with Crippen LogP contribution in [0.25, 0.3) is 0 Å². The van der Waals surface area contributed by atoms with Crippen LogP contribution in [0.2, 0.25) is 0 Å². The zero-order valence-electron chi connectivity index (χ0n) is 14.8. The monoisotopic (exact) mass is 376 g/mol. The number of amides is 1. The number of carbonyl (C=O) groups is 1. The number of rotatable bonds is 7. The fourth-order valence-corrected chi connectivity index (χ4v) is 4.09. The van der Waals surface area contributed by atoms with E-state index in [9.17, 15) is 13.2 Å². The fourth-order valence-electron chi connectivity index (χ4n) is 3.29. The Kier molecular flexibility index (Phi) is 5.78. The van der Waals surface area contributed by atoms with Crippen LogP contribution in [0.3, 0.4) is 0 Å². The minimum absolute atomic E-state index is 0.0234. The molecule has 3 rings (SSSR count). The second kappa shape index (κ2) is 8.05. The summed E-state index contributed by atoms with van der Waals surface area (Å²) < 4.78 is 28.2. The molecule has 1 aliphatic heterocycles. The van der Waals surface area contributed by atoms with Gasteiger partial charge in [-0.15, -0.1) is 0 Å². The van der Waals surface area contributed by atoms with Crippen molar-refractivity contribution < 1.29 is 17.6 Å². The van der Waals surface area contributed by atoms with Crippen LogP contribution >= 0.6 is 0 Å². The summed E-state index contributed by atoms with van der Waals surface area (Å²) in [6.45, 7) is 2.47. The van der Waals surface area contributed by atoms with Crippen molar-refractivity contribution >= 4 is 15.7 Å². The quantitative estimate of drug-likeness (QED) is 0.803. The molecule has 1 unspecified atom stereocenters. The molecule has 0 spiro atoms. The average Bonchev–Trinajstić information content (AvgIpc) is 3.28. The fraction of sp³-hybridized carbons (Fsp3) is 0.421. The molecule has 2 heterocycles. The third-order valence-corrected chi connectivity index (χ3v) is 5.41. The number of furan rings is 1. The molecule has 0 aliphatic carbocycles. The maximum absolute atomic E-state index is 12.5. The Balaban J connectivity index is 1.63. The highest BCUT2D eigenvalue weighted by Gasteiger charge is 2.26. The van der Waals surface area contributed by atoms with E-state index in [-0.39, 0.29) is 17.7 Å². The van der Waals surface area contributed by atoms with Crippen molar-refractivity contribution in [2.24, 2.45) is 0 Å². The summed E-state index contributed by atoms with van der Waals surface area (Å²) in [7, 11) is -3.08. The molecule has 6 nitrogen and oxygen atoms in total. The molecule has 1 N–H and O–H groups in total. The predicted molar refractivity (Wildman–Crippen MR) is 99.6 cm³/mol. The molecule has 1 fully saturated rings. The number of hydrogen-bond donors (Lipinski definition) is 1. The standard InChI is InChI=1S/C19H24N2O4S/c1-26(23,24)14-15-6-8-16(9-7-15)19(22)20-13-17(18-5-4-12-25-18)21-10-2-3-11-21/h4-9,12,17H,2-3,10-11,13-14H2,1H3,(H,20,22). The van der Waals surface area contributed by atoms with Gasteiger partial charge in [0, 0.05) is 18.4 Å². The minimum Gasteiger partial charge on any atom is -0.468 e. The third-order valence-electron chi connectivity index (χ3n) is 4.55. The number of benzene rings is 1. The van der Waals surface area contributed by atoms with Gasteiger partial charge in [0.05, 0.1) is 18.1 Å². The first-order chi connectivity index (χ1) is 12.4. The second-order valence-electron chi connectivity index (χ2n) is 6.75. The highest BCUT2D eigenvalue weighted by molar-refractivity contribution is 7.89. The van der Waals surface area contributed by atoms with Crippen molar-refractivity contribution in [1.29, 1.82) is 0 Å². The molecule has 1 saturated heterocycles. The van der Waals surface area contributed by atoms with Gasteiger partial charge < -0.3 is 9.73 Å². The van der Waals surface area contributed by atoms with Crippen LogP contribution < -0.4 is 5.32 Å². The molecular weight excluding hydrogens is 352 g/mol. The maximum Gasteiger partial charge on any atom is 0.251 e. The van der Waals surface area contributed by atoms with Gasteiger partial charge in [0.15, 0.2) is 9.84 Å². The van der Waals surface area contributed by atoms with Crippen molar-refractivity contribution in [2.75, 3.05) is 25.9 Å². The zero-order chi connectivity index (χ0) is 18.6. The SMILES string of the molecule is CS(=O)(=O)Cc1ccc(C(=O)NCC(c2ccco2)N2CCCC2)cc1. The molecule has 26 heavy (non-hydrogen) atoms. The summed E-state index contributed by atoms with van der Waals surface area (Å²) in [5, 5.41) is 2.97. The van der Waals surface area contributed by atoms with E-state index >= 15 is 0 Å². The first kappa shape index (κ1) is 18.7. The van der Waals surface area contributed by atoms with E-state index in [0.29, 0.717) is 17.7 Å². The van der Waals surface area contributed by atoms with E-state index in [1.165, 1.54) is 6.26 Å². The number of likely N-dealkylation sites (tertiary alicyclic amines) is 1. The first-order valence-corrected chi connectivity index (χ1v) is 10.8. The molecule has 0 radical (unpaired) electrons. The van der Waals surface area contributed by atoms with Crippen molar-refractivity contribution in [3.05, 3.63) is 59.5 Å². The number of nitrogens with zero attached hydrogens (tertiary/aromatic N) is 1. The van der Waals surface area contributed by atoms with E-state index in [1.807, 2.05) is 12.1 Å². The van der Waals surface area contributed by atoms with Gasteiger partial charge in [-0.3, -0.25) is 9.69 Å². The molecule has 2 aromatic rings. The van der Waals surface area contributed by atoms with Crippen molar-refractivity contribution in [2.45, 2.75) is 24.6 Å². The summed E-state index contributed by atoms with van der Waals surface area (Å²) in [6, 6.07) is 10.5. The van der Waals surface area contributed by atoms with Gasteiger partial charge in [0.25, 0.3) is 5.91 Å². The minimum atomic E-state index is -3.08. The van der Waals surface area contributed by atoms with E-state index < -0.39 is 9.84 Å². The number of nitrogens with one attached hydrogen (secondary N) is 1. The molecular formula is C19H24N2O4S. The molecule has 1 atom stereocenters. The highest BCUT2D eigenvalue weighted by Crippen LogP contribution is 2.25.